The van der Waals surface area contributed by atoms with E-state index < -0.39 is 0 Å². The van der Waals surface area contributed by atoms with Crippen molar-refractivity contribution in [1.29, 1.82) is 0 Å². The maximum Gasteiger partial charge on any atom is 0.279 e. The summed E-state index contributed by atoms with van der Waals surface area (Å²) in [6.45, 7) is 4.94. The van der Waals surface area contributed by atoms with E-state index >= 15 is 0 Å². The van der Waals surface area contributed by atoms with Gasteiger partial charge < -0.3 is 19.9 Å². The molecule has 1 aromatic carbocycles. The molecule has 0 aromatic heterocycles. The lowest BCUT2D eigenvalue weighted by molar-refractivity contribution is -0.895. The fourth-order valence-corrected chi connectivity index (χ4v) is 2.75. The van der Waals surface area contributed by atoms with Gasteiger partial charge in [-0.25, -0.2) is 0 Å². The summed E-state index contributed by atoms with van der Waals surface area (Å²) >= 11 is 6.03. The fraction of sp³-hybridized carbons (Fsp3) is 0.467. The van der Waals surface area contributed by atoms with E-state index in [0.29, 0.717) is 36.1 Å². The van der Waals surface area contributed by atoms with Gasteiger partial charge in [0.05, 0.1) is 38.3 Å². The molecule has 0 unspecified atom stereocenters. The van der Waals surface area contributed by atoms with Crippen molar-refractivity contribution in [2.45, 2.75) is 6.92 Å². The molecule has 1 aromatic rings. The Labute approximate surface area is 135 Å². The Morgan fingerprint density at radius 2 is 2.05 bits per heavy atom. The first-order valence-electron chi connectivity index (χ1n) is 7.22. The van der Waals surface area contributed by atoms with E-state index in [4.69, 9.17) is 16.3 Å². The molecule has 0 bridgehead atoms. The molecule has 2 rings (SSSR count). The zero-order valence-electron chi connectivity index (χ0n) is 12.8. The van der Waals surface area contributed by atoms with E-state index in [2.05, 4.69) is 5.32 Å². The largest absolute Gasteiger partial charge is 0.495 e. The minimum atomic E-state index is -0.0625. The number of methoxy groups -OCH3 is 1. The Balaban J connectivity index is 1.83. The summed E-state index contributed by atoms with van der Waals surface area (Å²) in [7, 11) is 1.55. The zero-order valence-corrected chi connectivity index (χ0v) is 13.6. The maximum absolute atomic E-state index is 12.1. The van der Waals surface area contributed by atoms with E-state index in [1.165, 1.54) is 4.90 Å². The van der Waals surface area contributed by atoms with Gasteiger partial charge in [0.15, 0.2) is 6.54 Å². The minimum absolute atomic E-state index is 0.0625. The van der Waals surface area contributed by atoms with Crippen molar-refractivity contribution in [3.05, 3.63) is 23.2 Å². The first-order chi connectivity index (χ1) is 10.5. The second kappa shape index (κ2) is 7.47. The third-order valence-corrected chi connectivity index (χ3v) is 4.06. The van der Waals surface area contributed by atoms with Crippen LogP contribution in [0.25, 0.3) is 0 Å². The molecule has 1 fully saturated rings. The van der Waals surface area contributed by atoms with E-state index in [1.807, 2.05) is 4.90 Å². The third-order valence-electron chi connectivity index (χ3n) is 3.76. The summed E-state index contributed by atoms with van der Waals surface area (Å²) in [5, 5.41) is 3.30. The Hall–Kier alpha value is -1.79. The first kappa shape index (κ1) is 16.6. The highest BCUT2D eigenvalue weighted by molar-refractivity contribution is 6.32. The van der Waals surface area contributed by atoms with Crippen LogP contribution < -0.4 is 15.0 Å². The van der Waals surface area contributed by atoms with Crippen molar-refractivity contribution >= 4 is 29.1 Å². The quantitative estimate of drug-likeness (QED) is 0.821. The SMILES string of the molecule is COc1ccc(NC(=O)C[NH+]2CCN(C(C)=O)CC2)cc1Cl. The highest BCUT2D eigenvalue weighted by Gasteiger charge is 2.23. The number of halogens is 1. The lowest BCUT2D eigenvalue weighted by atomic mass is 10.3. The summed E-state index contributed by atoms with van der Waals surface area (Å²) in [4.78, 5) is 26.3. The average molecular weight is 327 g/mol. The zero-order chi connectivity index (χ0) is 16.1. The number of carbonyl (C=O) groups is 2. The van der Waals surface area contributed by atoms with Crippen LogP contribution in [0.4, 0.5) is 5.69 Å². The van der Waals surface area contributed by atoms with Crippen LogP contribution in [0.1, 0.15) is 6.92 Å². The molecule has 22 heavy (non-hydrogen) atoms. The van der Waals surface area contributed by atoms with E-state index in [0.717, 1.165) is 13.1 Å². The van der Waals surface area contributed by atoms with Gasteiger partial charge in [-0.1, -0.05) is 11.6 Å². The fourth-order valence-electron chi connectivity index (χ4n) is 2.49. The third kappa shape index (κ3) is 4.35. The van der Waals surface area contributed by atoms with Gasteiger partial charge in [-0.05, 0) is 18.2 Å². The Kier molecular flexibility index (Phi) is 5.63. The molecular formula is C15H21ClN3O3+. The minimum Gasteiger partial charge on any atom is -0.495 e. The topological polar surface area (TPSA) is 63.1 Å². The molecule has 120 valence electrons. The molecule has 0 saturated carbocycles. The van der Waals surface area contributed by atoms with Crippen LogP contribution in [0, 0.1) is 0 Å². The monoisotopic (exact) mass is 326 g/mol. The number of ether oxygens (including phenoxy) is 1. The number of rotatable bonds is 4. The van der Waals surface area contributed by atoms with Crippen molar-refractivity contribution in [2.24, 2.45) is 0 Å². The van der Waals surface area contributed by atoms with Crippen LogP contribution >= 0.6 is 11.6 Å². The lowest BCUT2D eigenvalue weighted by Gasteiger charge is -2.31. The number of quaternary nitrogens is 1. The standard InChI is InChI=1S/C15H20ClN3O3/c1-11(20)19-7-5-18(6-8-19)10-15(21)17-12-3-4-14(22-2)13(16)9-12/h3-4,9H,5-8,10H2,1-2H3,(H,17,21)/p+1. The van der Waals surface area contributed by atoms with Gasteiger partial charge in [-0.3, -0.25) is 9.59 Å². The molecule has 2 N–H and O–H groups in total. The molecule has 7 heteroatoms. The van der Waals surface area contributed by atoms with Gasteiger partial charge in [0.2, 0.25) is 5.91 Å². The summed E-state index contributed by atoms with van der Waals surface area (Å²) in [5.74, 6) is 0.606. The van der Waals surface area contributed by atoms with Crippen LogP contribution in [0.5, 0.6) is 5.75 Å². The molecule has 6 nitrogen and oxygen atoms in total. The van der Waals surface area contributed by atoms with Crippen LogP contribution in [0.3, 0.4) is 0 Å². The van der Waals surface area contributed by atoms with E-state index in [1.54, 1.807) is 32.2 Å². The summed E-state index contributed by atoms with van der Waals surface area (Å²) < 4.78 is 5.07. The molecule has 1 saturated heterocycles. The van der Waals surface area contributed by atoms with Gasteiger partial charge >= 0.3 is 0 Å². The number of nitrogens with zero attached hydrogens (tertiary/aromatic N) is 1. The summed E-state index contributed by atoms with van der Waals surface area (Å²) in [6.07, 6.45) is 0. The Morgan fingerprint density at radius 3 is 2.59 bits per heavy atom. The van der Waals surface area contributed by atoms with Gasteiger partial charge in [0.25, 0.3) is 5.91 Å². The van der Waals surface area contributed by atoms with Crippen LogP contribution in [-0.2, 0) is 9.59 Å². The Morgan fingerprint density at radius 1 is 1.36 bits per heavy atom. The van der Waals surface area contributed by atoms with Crippen LogP contribution in [0.15, 0.2) is 18.2 Å². The lowest BCUT2D eigenvalue weighted by Crippen LogP contribution is -3.15. The number of nitrogens with one attached hydrogen (secondary N) is 2. The van der Waals surface area contributed by atoms with Gasteiger partial charge in [0, 0.05) is 12.6 Å². The highest BCUT2D eigenvalue weighted by Crippen LogP contribution is 2.26. The molecular weight excluding hydrogens is 306 g/mol. The number of benzene rings is 1. The first-order valence-corrected chi connectivity index (χ1v) is 7.60. The van der Waals surface area contributed by atoms with Crippen molar-refractivity contribution in [1.82, 2.24) is 4.90 Å². The van der Waals surface area contributed by atoms with Crippen molar-refractivity contribution < 1.29 is 19.2 Å². The molecule has 0 spiro atoms. The number of piperazine rings is 1. The van der Waals surface area contributed by atoms with Gasteiger partial charge in [-0.2, -0.15) is 0 Å². The molecule has 0 atom stereocenters. The predicted octanol–water partition coefficient (Wildman–Crippen LogP) is 0.0341. The average Bonchev–Trinajstić information content (AvgIpc) is 2.48. The van der Waals surface area contributed by atoms with E-state index in [-0.39, 0.29) is 11.8 Å². The maximum atomic E-state index is 12.1. The smallest absolute Gasteiger partial charge is 0.279 e. The van der Waals surface area contributed by atoms with E-state index in [9.17, 15) is 9.59 Å². The molecule has 0 aliphatic carbocycles. The highest BCUT2D eigenvalue weighted by atomic mass is 35.5. The van der Waals surface area contributed by atoms with Crippen LogP contribution in [-0.4, -0.2) is 56.5 Å². The number of carbonyl (C=O) groups excluding carboxylic acids is 2. The second-order valence-electron chi connectivity index (χ2n) is 5.33. The summed E-state index contributed by atoms with van der Waals surface area (Å²) in [5.41, 5.74) is 0.651. The number of anilines is 1. The van der Waals surface area contributed by atoms with Crippen molar-refractivity contribution in [3.8, 4) is 5.75 Å². The molecule has 0 radical (unpaired) electrons. The number of amides is 2. The van der Waals surface area contributed by atoms with Crippen LogP contribution in [0.2, 0.25) is 5.02 Å². The van der Waals surface area contributed by atoms with Crippen molar-refractivity contribution in [3.63, 3.8) is 0 Å². The van der Waals surface area contributed by atoms with Crippen molar-refractivity contribution in [2.75, 3.05) is 45.2 Å². The second-order valence-corrected chi connectivity index (χ2v) is 5.74. The van der Waals surface area contributed by atoms with Gasteiger partial charge in [-0.15, -0.1) is 0 Å². The predicted molar refractivity (Wildman–Crippen MR) is 84.5 cm³/mol. The summed E-state index contributed by atoms with van der Waals surface area (Å²) in [6, 6.07) is 5.14. The molecule has 2 amide bonds. The normalized spacial score (nSPS) is 15.5. The molecule has 1 aliphatic heterocycles. The molecule has 1 heterocycles. The number of hydrogen-bond donors (Lipinski definition) is 2. The molecule has 1 aliphatic rings. The Bertz CT molecular complexity index is 557. The van der Waals surface area contributed by atoms with Gasteiger partial charge in [0.1, 0.15) is 5.75 Å². The number of hydrogen-bond acceptors (Lipinski definition) is 3.